The van der Waals surface area contributed by atoms with Crippen molar-refractivity contribution < 1.29 is 9.90 Å². The molecule has 1 atom stereocenters. The first-order valence-electron chi connectivity index (χ1n) is 5.85. The monoisotopic (exact) mass is 236 g/mol. The van der Waals surface area contributed by atoms with Crippen molar-refractivity contribution in [2.24, 2.45) is 0 Å². The number of aliphatic hydroxyl groups is 1. The van der Waals surface area contributed by atoms with Crippen molar-refractivity contribution in [3.05, 3.63) is 35.9 Å². The lowest BCUT2D eigenvalue weighted by molar-refractivity contribution is -0.122. The zero-order chi connectivity index (χ0) is 12.5. The fraction of sp³-hybridized carbons (Fsp3) is 0.462. The van der Waals surface area contributed by atoms with Gasteiger partial charge in [0.15, 0.2) is 0 Å². The van der Waals surface area contributed by atoms with E-state index < -0.39 is 0 Å². The SMILES string of the molecule is CNCCC(=O)N[C@H](CO)Cc1ccccc1. The second-order valence-corrected chi connectivity index (χ2v) is 3.99. The number of amides is 1. The van der Waals surface area contributed by atoms with Gasteiger partial charge in [0.2, 0.25) is 5.91 Å². The van der Waals surface area contributed by atoms with Crippen LogP contribution in [0.4, 0.5) is 0 Å². The number of rotatable bonds is 7. The average Bonchev–Trinajstić information content (AvgIpc) is 2.36. The summed E-state index contributed by atoms with van der Waals surface area (Å²) in [6.07, 6.45) is 1.09. The number of carbonyl (C=O) groups is 1. The lowest BCUT2D eigenvalue weighted by Gasteiger charge is -2.16. The quantitative estimate of drug-likeness (QED) is 0.639. The van der Waals surface area contributed by atoms with Gasteiger partial charge in [-0.15, -0.1) is 0 Å². The standard InChI is InChI=1S/C13H20N2O2/c1-14-8-7-13(17)15-12(10-16)9-11-5-3-2-4-6-11/h2-6,12,14,16H,7-10H2,1H3,(H,15,17)/t12-/m0/s1. The highest BCUT2D eigenvalue weighted by molar-refractivity contribution is 5.76. The fourth-order valence-corrected chi connectivity index (χ4v) is 1.60. The molecule has 0 aliphatic rings. The molecule has 4 heteroatoms. The number of benzene rings is 1. The summed E-state index contributed by atoms with van der Waals surface area (Å²) < 4.78 is 0. The Morgan fingerprint density at radius 2 is 2.06 bits per heavy atom. The molecule has 1 aromatic carbocycles. The zero-order valence-electron chi connectivity index (χ0n) is 10.1. The van der Waals surface area contributed by atoms with E-state index in [1.165, 1.54) is 0 Å². The number of carbonyl (C=O) groups excluding carboxylic acids is 1. The summed E-state index contributed by atoms with van der Waals surface area (Å²) in [5, 5.41) is 15.0. The number of nitrogens with one attached hydrogen (secondary N) is 2. The van der Waals surface area contributed by atoms with Crippen LogP contribution in [0.2, 0.25) is 0 Å². The van der Waals surface area contributed by atoms with Crippen molar-refractivity contribution in [3.8, 4) is 0 Å². The summed E-state index contributed by atoms with van der Waals surface area (Å²) in [7, 11) is 1.81. The Kier molecular flexibility index (Phi) is 6.29. The molecule has 0 heterocycles. The van der Waals surface area contributed by atoms with E-state index in [1.54, 1.807) is 7.05 Å². The van der Waals surface area contributed by atoms with Crippen LogP contribution in [0, 0.1) is 0 Å². The van der Waals surface area contributed by atoms with E-state index in [-0.39, 0.29) is 18.6 Å². The lowest BCUT2D eigenvalue weighted by atomic mass is 10.1. The summed E-state index contributed by atoms with van der Waals surface area (Å²) in [6.45, 7) is 0.607. The van der Waals surface area contributed by atoms with Crippen LogP contribution in [0.1, 0.15) is 12.0 Å². The molecule has 4 nitrogen and oxygen atoms in total. The van der Waals surface area contributed by atoms with Crippen LogP contribution in [-0.2, 0) is 11.2 Å². The third-order valence-corrected chi connectivity index (χ3v) is 2.51. The Morgan fingerprint density at radius 3 is 2.65 bits per heavy atom. The maximum atomic E-state index is 11.5. The van der Waals surface area contributed by atoms with Crippen LogP contribution < -0.4 is 10.6 Å². The zero-order valence-corrected chi connectivity index (χ0v) is 10.1. The summed E-state index contributed by atoms with van der Waals surface area (Å²) in [5.41, 5.74) is 1.11. The van der Waals surface area contributed by atoms with Gasteiger partial charge in [0, 0.05) is 13.0 Å². The molecule has 1 amide bonds. The molecule has 0 saturated heterocycles. The molecule has 0 bridgehead atoms. The molecule has 3 N–H and O–H groups in total. The summed E-state index contributed by atoms with van der Waals surface area (Å²) >= 11 is 0. The van der Waals surface area contributed by atoms with E-state index in [9.17, 15) is 9.90 Å². The maximum Gasteiger partial charge on any atom is 0.221 e. The highest BCUT2D eigenvalue weighted by Gasteiger charge is 2.11. The van der Waals surface area contributed by atoms with Crippen LogP contribution in [-0.4, -0.2) is 37.3 Å². The van der Waals surface area contributed by atoms with Gasteiger partial charge >= 0.3 is 0 Å². The van der Waals surface area contributed by atoms with Crippen molar-refractivity contribution in [1.82, 2.24) is 10.6 Å². The molecular formula is C13H20N2O2. The molecule has 0 unspecified atom stereocenters. The topological polar surface area (TPSA) is 61.4 Å². The van der Waals surface area contributed by atoms with Gasteiger partial charge < -0.3 is 15.7 Å². The molecule has 94 valence electrons. The predicted molar refractivity (Wildman–Crippen MR) is 67.7 cm³/mol. The van der Waals surface area contributed by atoms with E-state index in [4.69, 9.17) is 0 Å². The van der Waals surface area contributed by atoms with Gasteiger partial charge in [-0.1, -0.05) is 30.3 Å². The first kappa shape index (κ1) is 13.7. The first-order valence-corrected chi connectivity index (χ1v) is 5.85. The Balaban J connectivity index is 2.41. The minimum absolute atomic E-state index is 0.0330. The third-order valence-electron chi connectivity index (χ3n) is 2.51. The van der Waals surface area contributed by atoms with Gasteiger partial charge in [-0.25, -0.2) is 0 Å². The first-order chi connectivity index (χ1) is 8.26. The second kappa shape index (κ2) is 7.81. The molecule has 0 fully saturated rings. The Hall–Kier alpha value is -1.39. The smallest absolute Gasteiger partial charge is 0.221 e. The van der Waals surface area contributed by atoms with E-state index in [2.05, 4.69) is 10.6 Å². The van der Waals surface area contributed by atoms with Gasteiger partial charge in [0.05, 0.1) is 12.6 Å². The highest BCUT2D eigenvalue weighted by atomic mass is 16.3. The van der Waals surface area contributed by atoms with Gasteiger partial charge in [0.25, 0.3) is 0 Å². The van der Waals surface area contributed by atoms with Gasteiger partial charge in [0.1, 0.15) is 0 Å². The minimum Gasteiger partial charge on any atom is -0.394 e. The van der Waals surface area contributed by atoms with E-state index in [1.807, 2.05) is 30.3 Å². The van der Waals surface area contributed by atoms with Crippen LogP contribution in [0.15, 0.2) is 30.3 Å². The van der Waals surface area contributed by atoms with Crippen LogP contribution in [0.5, 0.6) is 0 Å². The Morgan fingerprint density at radius 1 is 1.35 bits per heavy atom. The summed E-state index contributed by atoms with van der Waals surface area (Å²) in [5.74, 6) is -0.0330. The Bertz CT molecular complexity index is 327. The maximum absolute atomic E-state index is 11.5. The molecule has 1 aromatic rings. The molecular weight excluding hydrogens is 216 g/mol. The van der Waals surface area contributed by atoms with Gasteiger partial charge in [-0.05, 0) is 19.0 Å². The number of aliphatic hydroxyl groups excluding tert-OH is 1. The number of hydrogen-bond donors (Lipinski definition) is 3. The summed E-state index contributed by atoms with van der Waals surface area (Å²) in [4.78, 5) is 11.5. The molecule has 17 heavy (non-hydrogen) atoms. The molecule has 0 saturated carbocycles. The van der Waals surface area contributed by atoms with Crippen molar-refractivity contribution in [2.45, 2.75) is 18.9 Å². The van der Waals surface area contributed by atoms with Gasteiger partial charge in [-0.2, -0.15) is 0 Å². The molecule has 0 aliphatic heterocycles. The summed E-state index contributed by atoms with van der Waals surface area (Å²) in [6, 6.07) is 9.62. The largest absolute Gasteiger partial charge is 0.394 e. The van der Waals surface area contributed by atoms with Crippen molar-refractivity contribution in [1.29, 1.82) is 0 Å². The van der Waals surface area contributed by atoms with Crippen molar-refractivity contribution in [3.63, 3.8) is 0 Å². The van der Waals surface area contributed by atoms with Crippen molar-refractivity contribution >= 4 is 5.91 Å². The normalized spacial score (nSPS) is 12.1. The van der Waals surface area contributed by atoms with Gasteiger partial charge in [-0.3, -0.25) is 4.79 Å². The van der Waals surface area contributed by atoms with Crippen LogP contribution >= 0.6 is 0 Å². The van der Waals surface area contributed by atoms with E-state index in [0.29, 0.717) is 19.4 Å². The lowest BCUT2D eigenvalue weighted by Crippen LogP contribution is -2.39. The molecule has 0 aliphatic carbocycles. The number of hydrogen-bond acceptors (Lipinski definition) is 3. The van der Waals surface area contributed by atoms with Crippen LogP contribution in [0.3, 0.4) is 0 Å². The van der Waals surface area contributed by atoms with Crippen molar-refractivity contribution in [2.75, 3.05) is 20.2 Å². The second-order valence-electron chi connectivity index (χ2n) is 3.99. The molecule has 0 radical (unpaired) electrons. The average molecular weight is 236 g/mol. The predicted octanol–water partition coefficient (Wildman–Crippen LogP) is 0.316. The molecule has 1 rings (SSSR count). The van der Waals surface area contributed by atoms with E-state index in [0.717, 1.165) is 5.56 Å². The Labute approximate surface area is 102 Å². The highest BCUT2D eigenvalue weighted by Crippen LogP contribution is 2.02. The van der Waals surface area contributed by atoms with E-state index >= 15 is 0 Å². The fourth-order valence-electron chi connectivity index (χ4n) is 1.60. The molecule has 0 aromatic heterocycles. The third kappa shape index (κ3) is 5.47. The van der Waals surface area contributed by atoms with Crippen LogP contribution in [0.25, 0.3) is 0 Å². The minimum atomic E-state index is -0.207. The molecule has 0 spiro atoms.